The van der Waals surface area contributed by atoms with Gasteiger partial charge in [-0.3, -0.25) is 0 Å². The number of rotatable bonds is 3. The molecular formula is C16H16O2. The van der Waals surface area contributed by atoms with E-state index in [2.05, 4.69) is 19.1 Å². The second-order valence-corrected chi connectivity index (χ2v) is 4.41. The summed E-state index contributed by atoms with van der Waals surface area (Å²) in [4.78, 5) is 11.3. The van der Waals surface area contributed by atoms with Gasteiger partial charge in [-0.15, -0.1) is 0 Å². The Morgan fingerprint density at radius 2 is 1.94 bits per heavy atom. The molecule has 0 aliphatic heterocycles. The van der Waals surface area contributed by atoms with Crippen molar-refractivity contribution in [2.24, 2.45) is 0 Å². The molecule has 2 aromatic carbocycles. The third-order valence-electron chi connectivity index (χ3n) is 3.05. The van der Waals surface area contributed by atoms with Crippen LogP contribution < -0.4 is 0 Å². The Hall–Kier alpha value is -2.09. The summed E-state index contributed by atoms with van der Waals surface area (Å²) in [7, 11) is 0. The number of hydrogen-bond acceptors (Lipinski definition) is 1. The van der Waals surface area contributed by atoms with Crippen LogP contribution >= 0.6 is 0 Å². The van der Waals surface area contributed by atoms with Gasteiger partial charge in [0.05, 0.1) is 5.56 Å². The van der Waals surface area contributed by atoms with E-state index in [1.54, 1.807) is 6.07 Å². The highest BCUT2D eigenvalue weighted by Crippen LogP contribution is 2.26. The molecule has 0 atom stereocenters. The van der Waals surface area contributed by atoms with Crippen molar-refractivity contribution in [3.8, 4) is 11.1 Å². The Labute approximate surface area is 107 Å². The zero-order valence-electron chi connectivity index (χ0n) is 10.6. The van der Waals surface area contributed by atoms with E-state index in [1.165, 1.54) is 5.56 Å². The fourth-order valence-corrected chi connectivity index (χ4v) is 2.04. The molecule has 92 valence electrons. The Kier molecular flexibility index (Phi) is 3.47. The van der Waals surface area contributed by atoms with Crippen LogP contribution in [0.4, 0.5) is 0 Å². The number of aryl methyl sites for hydroxylation is 2. The molecule has 18 heavy (non-hydrogen) atoms. The van der Waals surface area contributed by atoms with Gasteiger partial charge in [0.1, 0.15) is 0 Å². The molecule has 0 bridgehead atoms. The first-order valence-corrected chi connectivity index (χ1v) is 6.05. The zero-order valence-corrected chi connectivity index (χ0v) is 10.6. The van der Waals surface area contributed by atoms with Crippen molar-refractivity contribution < 1.29 is 9.90 Å². The van der Waals surface area contributed by atoms with E-state index in [0.717, 1.165) is 23.1 Å². The SMILES string of the molecule is CCc1cccc(-c2cc(C)ccc2C(=O)O)c1. The summed E-state index contributed by atoms with van der Waals surface area (Å²) in [6.07, 6.45) is 0.946. The normalized spacial score (nSPS) is 10.3. The van der Waals surface area contributed by atoms with Crippen molar-refractivity contribution in [3.05, 3.63) is 59.2 Å². The van der Waals surface area contributed by atoms with Crippen molar-refractivity contribution in [2.45, 2.75) is 20.3 Å². The topological polar surface area (TPSA) is 37.3 Å². The summed E-state index contributed by atoms with van der Waals surface area (Å²) in [6, 6.07) is 13.5. The molecule has 0 heterocycles. The molecule has 0 saturated carbocycles. The second kappa shape index (κ2) is 5.05. The van der Waals surface area contributed by atoms with Crippen LogP contribution in [0.25, 0.3) is 11.1 Å². The minimum absolute atomic E-state index is 0.355. The summed E-state index contributed by atoms with van der Waals surface area (Å²) >= 11 is 0. The molecule has 2 aromatic rings. The van der Waals surface area contributed by atoms with Crippen molar-refractivity contribution in [1.82, 2.24) is 0 Å². The molecule has 0 aromatic heterocycles. The fourth-order valence-electron chi connectivity index (χ4n) is 2.04. The van der Waals surface area contributed by atoms with E-state index in [1.807, 2.05) is 31.2 Å². The zero-order chi connectivity index (χ0) is 13.1. The third-order valence-corrected chi connectivity index (χ3v) is 3.05. The van der Waals surface area contributed by atoms with Crippen molar-refractivity contribution >= 4 is 5.97 Å². The first-order chi connectivity index (χ1) is 8.61. The molecule has 0 amide bonds. The highest BCUT2D eigenvalue weighted by molar-refractivity contribution is 5.96. The molecule has 2 heteroatoms. The van der Waals surface area contributed by atoms with Gasteiger partial charge in [-0.25, -0.2) is 4.79 Å². The number of carboxylic acid groups (broad SMARTS) is 1. The Balaban J connectivity index is 2.61. The fraction of sp³-hybridized carbons (Fsp3) is 0.188. The lowest BCUT2D eigenvalue weighted by molar-refractivity contribution is 0.0697. The lowest BCUT2D eigenvalue weighted by Crippen LogP contribution is -2.00. The highest BCUT2D eigenvalue weighted by Gasteiger charge is 2.11. The van der Waals surface area contributed by atoms with Gasteiger partial charge in [-0.2, -0.15) is 0 Å². The van der Waals surface area contributed by atoms with Crippen LogP contribution in [0.3, 0.4) is 0 Å². The Bertz CT molecular complexity index is 585. The van der Waals surface area contributed by atoms with E-state index in [-0.39, 0.29) is 0 Å². The summed E-state index contributed by atoms with van der Waals surface area (Å²) in [6.45, 7) is 4.06. The molecule has 1 N–H and O–H groups in total. The van der Waals surface area contributed by atoms with Gasteiger partial charge in [0.15, 0.2) is 0 Å². The van der Waals surface area contributed by atoms with E-state index >= 15 is 0 Å². The highest BCUT2D eigenvalue weighted by atomic mass is 16.4. The Morgan fingerprint density at radius 3 is 2.61 bits per heavy atom. The van der Waals surface area contributed by atoms with Crippen molar-refractivity contribution in [1.29, 1.82) is 0 Å². The van der Waals surface area contributed by atoms with Crippen LogP contribution in [0.5, 0.6) is 0 Å². The molecule has 0 fully saturated rings. The predicted molar refractivity (Wildman–Crippen MR) is 73.0 cm³/mol. The summed E-state index contributed by atoms with van der Waals surface area (Å²) in [5, 5.41) is 9.24. The maximum absolute atomic E-state index is 11.3. The Morgan fingerprint density at radius 1 is 1.17 bits per heavy atom. The van der Waals surface area contributed by atoms with E-state index < -0.39 is 5.97 Å². The summed E-state index contributed by atoms with van der Waals surface area (Å²) in [5.74, 6) is -0.882. The van der Waals surface area contributed by atoms with Gasteiger partial charge >= 0.3 is 5.97 Å². The molecule has 0 radical (unpaired) electrons. The van der Waals surface area contributed by atoms with Gasteiger partial charge < -0.3 is 5.11 Å². The van der Waals surface area contributed by atoms with Crippen LogP contribution in [0.15, 0.2) is 42.5 Å². The van der Waals surface area contributed by atoms with Gasteiger partial charge in [-0.05, 0) is 36.1 Å². The van der Waals surface area contributed by atoms with Crippen LogP contribution in [0, 0.1) is 6.92 Å². The predicted octanol–water partition coefficient (Wildman–Crippen LogP) is 3.92. The maximum atomic E-state index is 11.3. The minimum atomic E-state index is -0.882. The van der Waals surface area contributed by atoms with Crippen molar-refractivity contribution in [3.63, 3.8) is 0 Å². The van der Waals surface area contributed by atoms with Crippen molar-refractivity contribution in [2.75, 3.05) is 0 Å². The maximum Gasteiger partial charge on any atom is 0.336 e. The van der Waals surface area contributed by atoms with E-state index in [4.69, 9.17) is 0 Å². The number of hydrogen-bond donors (Lipinski definition) is 1. The third kappa shape index (κ3) is 2.43. The monoisotopic (exact) mass is 240 g/mol. The van der Waals surface area contributed by atoms with E-state index in [9.17, 15) is 9.90 Å². The molecule has 0 saturated heterocycles. The smallest absolute Gasteiger partial charge is 0.336 e. The molecule has 0 unspecified atom stereocenters. The molecule has 2 rings (SSSR count). The van der Waals surface area contributed by atoms with Crippen LogP contribution in [-0.2, 0) is 6.42 Å². The van der Waals surface area contributed by atoms with Crippen LogP contribution in [0.1, 0.15) is 28.4 Å². The number of benzene rings is 2. The lowest BCUT2D eigenvalue weighted by Gasteiger charge is -2.09. The van der Waals surface area contributed by atoms with E-state index in [0.29, 0.717) is 5.56 Å². The van der Waals surface area contributed by atoms with Crippen LogP contribution in [-0.4, -0.2) is 11.1 Å². The molecule has 0 aliphatic carbocycles. The van der Waals surface area contributed by atoms with Crippen LogP contribution in [0.2, 0.25) is 0 Å². The number of aromatic carboxylic acids is 1. The minimum Gasteiger partial charge on any atom is -0.478 e. The lowest BCUT2D eigenvalue weighted by atomic mass is 9.96. The first kappa shape index (κ1) is 12.4. The summed E-state index contributed by atoms with van der Waals surface area (Å²) in [5.41, 5.74) is 4.39. The molecule has 0 aliphatic rings. The summed E-state index contributed by atoms with van der Waals surface area (Å²) < 4.78 is 0. The number of carboxylic acids is 1. The second-order valence-electron chi connectivity index (χ2n) is 4.41. The van der Waals surface area contributed by atoms with Gasteiger partial charge in [0.2, 0.25) is 0 Å². The average Bonchev–Trinajstić information content (AvgIpc) is 2.38. The number of carbonyl (C=O) groups is 1. The van der Waals surface area contributed by atoms with Gasteiger partial charge in [0, 0.05) is 0 Å². The first-order valence-electron chi connectivity index (χ1n) is 6.05. The molecule has 0 spiro atoms. The average molecular weight is 240 g/mol. The quantitative estimate of drug-likeness (QED) is 0.882. The molecular weight excluding hydrogens is 224 g/mol. The largest absolute Gasteiger partial charge is 0.478 e. The van der Waals surface area contributed by atoms with Gasteiger partial charge in [-0.1, -0.05) is 48.9 Å². The standard InChI is InChI=1S/C16H16O2/c1-3-12-5-4-6-13(10-12)15-9-11(2)7-8-14(15)16(17)18/h4-10H,3H2,1-2H3,(H,17,18). The molecule has 2 nitrogen and oxygen atoms in total. The van der Waals surface area contributed by atoms with Gasteiger partial charge in [0.25, 0.3) is 0 Å².